The number of benzene rings is 2. The lowest BCUT2D eigenvalue weighted by molar-refractivity contribution is -0.140. The van der Waals surface area contributed by atoms with E-state index < -0.39 is 31.2 Å². The minimum absolute atomic E-state index is 0.0969. The number of alkyl carbamates (subject to hydrolysis) is 1. The van der Waals surface area contributed by atoms with Crippen LogP contribution in [0.4, 0.5) is 4.79 Å². The van der Waals surface area contributed by atoms with Crippen molar-refractivity contribution in [3.8, 4) is 11.1 Å². The quantitative estimate of drug-likeness (QED) is 0.660. The summed E-state index contributed by atoms with van der Waals surface area (Å²) >= 11 is 0. The number of carboxylic acid groups (broad SMARTS) is 1. The lowest BCUT2D eigenvalue weighted by Gasteiger charge is -2.23. The fourth-order valence-electron chi connectivity index (χ4n) is 4.01. The molecule has 0 unspecified atom stereocenters. The van der Waals surface area contributed by atoms with Gasteiger partial charge in [0.15, 0.2) is 0 Å². The highest BCUT2D eigenvalue weighted by molar-refractivity contribution is 7.62. The molecule has 1 amide bonds. The molecular formula is C22H26NO5P. The molecule has 7 heteroatoms. The van der Waals surface area contributed by atoms with E-state index in [0.717, 1.165) is 22.3 Å². The zero-order valence-corrected chi connectivity index (χ0v) is 17.7. The summed E-state index contributed by atoms with van der Waals surface area (Å²) < 4.78 is 17.5. The van der Waals surface area contributed by atoms with Crippen LogP contribution in [0.1, 0.15) is 24.0 Å². The number of carbonyl (C=O) groups is 2. The standard InChI is InChI=1S/C22H26NO5P/c1-14(13-29(2,3)27)20(21(24)25)23-22(26)28-12-19-17-10-6-4-8-15(17)16-9-5-7-11-18(16)19/h4-11,14,19-20H,12-13H2,1-3H3,(H,23,26)(H,24,25)/t14-,20-/m0/s1. The van der Waals surface area contributed by atoms with Gasteiger partial charge in [-0.1, -0.05) is 55.5 Å². The molecule has 1 aliphatic carbocycles. The topological polar surface area (TPSA) is 92.7 Å². The molecule has 2 aromatic carbocycles. The van der Waals surface area contributed by atoms with Crippen LogP contribution in [-0.2, 0) is 14.1 Å². The molecule has 29 heavy (non-hydrogen) atoms. The van der Waals surface area contributed by atoms with E-state index in [2.05, 4.69) is 5.32 Å². The number of nitrogens with one attached hydrogen (secondary N) is 1. The first-order chi connectivity index (χ1) is 13.7. The molecule has 0 aliphatic heterocycles. The summed E-state index contributed by atoms with van der Waals surface area (Å²) in [6, 6.07) is 14.8. The number of fused-ring (bicyclic) bond motifs is 3. The lowest BCUT2D eigenvalue weighted by Crippen LogP contribution is -2.46. The predicted octanol–water partition coefficient (Wildman–Crippen LogP) is 4.24. The smallest absolute Gasteiger partial charge is 0.407 e. The Morgan fingerprint density at radius 2 is 1.59 bits per heavy atom. The molecule has 0 spiro atoms. The Morgan fingerprint density at radius 1 is 1.07 bits per heavy atom. The zero-order chi connectivity index (χ0) is 21.2. The van der Waals surface area contributed by atoms with Crippen LogP contribution in [0, 0.1) is 5.92 Å². The molecule has 1 aliphatic rings. The highest BCUT2D eigenvalue weighted by Crippen LogP contribution is 2.44. The van der Waals surface area contributed by atoms with Gasteiger partial charge < -0.3 is 19.7 Å². The van der Waals surface area contributed by atoms with Crippen LogP contribution in [0.3, 0.4) is 0 Å². The summed E-state index contributed by atoms with van der Waals surface area (Å²) in [5.41, 5.74) is 4.41. The van der Waals surface area contributed by atoms with Crippen LogP contribution in [0.2, 0.25) is 0 Å². The van der Waals surface area contributed by atoms with Crippen molar-refractivity contribution in [3.63, 3.8) is 0 Å². The first-order valence-electron chi connectivity index (χ1n) is 9.55. The van der Waals surface area contributed by atoms with Gasteiger partial charge >= 0.3 is 12.1 Å². The van der Waals surface area contributed by atoms with Crippen molar-refractivity contribution in [2.24, 2.45) is 5.92 Å². The van der Waals surface area contributed by atoms with Crippen molar-refractivity contribution >= 4 is 19.2 Å². The number of carbonyl (C=O) groups excluding carboxylic acids is 1. The van der Waals surface area contributed by atoms with Gasteiger partial charge in [0.25, 0.3) is 0 Å². The predicted molar refractivity (Wildman–Crippen MR) is 113 cm³/mol. The zero-order valence-electron chi connectivity index (χ0n) is 16.8. The summed E-state index contributed by atoms with van der Waals surface area (Å²) in [6.07, 6.45) is -0.554. The fraction of sp³-hybridized carbons (Fsp3) is 0.364. The SMILES string of the molecule is C[C@@H](CP(C)(C)=O)[C@H](NC(=O)OCC1c2ccccc2-c2ccccc21)C(=O)O. The van der Waals surface area contributed by atoms with Crippen molar-refractivity contribution in [3.05, 3.63) is 59.7 Å². The first-order valence-corrected chi connectivity index (χ1v) is 12.3. The van der Waals surface area contributed by atoms with Gasteiger partial charge in [-0.2, -0.15) is 0 Å². The summed E-state index contributed by atoms with van der Waals surface area (Å²) in [5, 5.41) is 11.9. The van der Waals surface area contributed by atoms with Gasteiger partial charge in [-0.25, -0.2) is 9.59 Å². The molecule has 3 rings (SSSR count). The molecule has 2 atom stereocenters. The third-order valence-electron chi connectivity index (χ3n) is 5.18. The Balaban J connectivity index is 1.69. The van der Waals surface area contributed by atoms with Crippen molar-refractivity contribution in [1.82, 2.24) is 5.32 Å². The van der Waals surface area contributed by atoms with E-state index in [1.165, 1.54) is 0 Å². The number of rotatable bonds is 7. The van der Waals surface area contributed by atoms with Gasteiger partial charge in [-0.05, 0) is 41.5 Å². The Kier molecular flexibility index (Phi) is 6.13. The minimum atomic E-state index is -2.42. The molecule has 6 nitrogen and oxygen atoms in total. The maximum Gasteiger partial charge on any atom is 0.407 e. The number of aliphatic carboxylic acids is 1. The molecule has 0 saturated carbocycles. The van der Waals surface area contributed by atoms with Gasteiger partial charge in [0.2, 0.25) is 0 Å². The minimum Gasteiger partial charge on any atom is -0.480 e. The second-order valence-electron chi connectivity index (χ2n) is 8.02. The molecule has 0 saturated heterocycles. The summed E-state index contributed by atoms with van der Waals surface area (Å²) in [7, 11) is -2.42. The Bertz CT molecular complexity index is 922. The van der Waals surface area contributed by atoms with E-state index in [-0.39, 0.29) is 18.7 Å². The van der Waals surface area contributed by atoms with Crippen LogP contribution >= 0.6 is 7.14 Å². The summed E-state index contributed by atoms with van der Waals surface area (Å²) in [5.74, 6) is -1.74. The van der Waals surface area contributed by atoms with Crippen molar-refractivity contribution in [2.45, 2.75) is 18.9 Å². The van der Waals surface area contributed by atoms with Crippen LogP contribution in [0.25, 0.3) is 11.1 Å². The van der Waals surface area contributed by atoms with Gasteiger partial charge in [0, 0.05) is 12.1 Å². The second-order valence-corrected chi connectivity index (χ2v) is 11.5. The van der Waals surface area contributed by atoms with E-state index in [0.29, 0.717) is 0 Å². The fourth-order valence-corrected chi connectivity index (χ4v) is 5.61. The van der Waals surface area contributed by atoms with Crippen molar-refractivity contribution in [1.29, 1.82) is 0 Å². The van der Waals surface area contributed by atoms with Gasteiger partial charge in [-0.15, -0.1) is 0 Å². The Labute approximate surface area is 170 Å². The lowest BCUT2D eigenvalue weighted by atomic mass is 9.98. The number of carboxylic acids is 1. The molecule has 0 bridgehead atoms. The first kappa shape index (κ1) is 21.1. The highest BCUT2D eigenvalue weighted by atomic mass is 31.2. The van der Waals surface area contributed by atoms with Crippen LogP contribution < -0.4 is 5.32 Å². The monoisotopic (exact) mass is 415 g/mol. The highest BCUT2D eigenvalue weighted by Gasteiger charge is 2.32. The molecule has 0 fully saturated rings. The molecular weight excluding hydrogens is 389 g/mol. The number of amides is 1. The molecule has 0 heterocycles. The maximum atomic E-state index is 12.3. The Hall–Kier alpha value is -2.59. The van der Waals surface area contributed by atoms with E-state index in [1.54, 1.807) is 20.3 Å². The second kappa shape index (κ2) is 8.42. The van der Waals surface area contributed by atoms with Crippen molar-refractivity contribution in [2.75, 3.05) is 26.1 Å². The molecule has 154 valence electrons. The molecule has 2 aromatic rings. The van der Waals surface area contributed by atoms with Crippen LogP contribution in [0.5, 0.6) is 0 Å². The maximum absolute atomic E-state index is 12.3. The van der Waals surface area contributed by atoms with E-state index >= 15 is 0 Å². The molecule has 0 aromatic heterocycles. The molecule has 2 N–H and O–H groups in total. The Morgan fingerprint density at radius 3 is 2.07 bits per heavy atom. The normalized spacial score (nSPS) is 15.1. The third-order valence-corrected chi connectivity index (χ3v) is 6.64. The largest absolute Gasteiger partial charge is 0.480 e. The third kappa shape index (κ3) is 4.88. The van der Waals surface area contributed by atoms with E-state index in [9.17, 15) is 19.3 Å². The average molecular weight is 415 g/mol. The number of hydrogen-bond donors (Lipinski definition) is 2. The van der Waals surface area contributed by atoms with Gasteiger partial charge in [0.05, 0.1) is 7.14 Å². The van der Waals surface area contributed by atoms with Crippen LogP contribution in [0.15, 0.2) is 48.5 Å². The summed E-state index contributed by atoms with van der Waals surface area (Å²) in [4.78, 5) is 23.9. The average Bonchev–Trinajstić information content (AvgIpc) is 2.96. The number of ether oxygens (including phenoxy) is 1. The van der Waals surface area contributed by atoms with E-state index in [1.807, 2.05) is 48.5 Å². The summed E-state index contributed by atoms with van der Waals surface area (Å²) in [6.45, 7) is 4.99. The van der Waals surface area contributed by atoms with Gasteiger partial charge in [-0.3, -0.25) is 0 Å². The van der Waals surface area contributed by atoms with Crippen LogP contribution in [-0.4, -0.2) is 49.3 Å². The van der Waals surface area contributed by atoms with E-state index in [4.69, 9.17) is 4.74 Å². The molecule has 0 radical (unpaired) electrons. The van der Waals surface area contributed by atoms with Crippen molar-refractivity contribution < 1.29 is 24.0 Å². The number of hydrogen-bond acceptors (Lipinski definition) is 4. The van der Waals surface area contributed by atoms with Gasteiger partial charge in [0.1, 0.15) is 12.6 Å².